The molecule has 0 saturated carbocycles. The molecule has 0 bridgehead atoms. The summed E-state index contributed by atoms with van der Waals surface area (Å²) < 4.78 is 12.9. The number of benzene rings is 2. The minimum Gasteiger partial charge on any atom is -0.325 e. The molecule has 3 aromatic rings. The lowest BCUT2D eigenvalue weighted by Crippen LogP contribution is -2.14. The predicted octanol–water partition coefficient (Wildman–Crippen LogP) is 4.20. The molecule has 5 nitrogen and oxygen atoms in total. The number of hydrogen-bond acceptors (Lipinski definition) is 4. The number of halogens is 1. The Hall–Kier alpha value is -3.19. The second-order valence-corrected chi connectivity index (χ2v) is 6.61. The maximum Gasteiger partial charge on any atom is 0.255 e. The second-order valence-electron chi connectivity index (χ2n) is 5.56. The van der Waals surface area contributed by atoms with Gasteiger partial charge in [-0.15, -0.1) is 11.8 Å². The van der Waals surface area contributed by atoms with Gasteiger partial charge in [0.25, 0.3) is 5.91 Å². The smallest absolute Gasteiger partial charge is 0.255 e. The first-order valence-corrected chi connectivity index (χ1v) is 9.08. The van der Waals surface area contributed by atoms with Crippen molar-refractivity contribution in [3.63, 3.8) is 0 Å². The van der Waals surface area contributed by atoms with E-state index in [1.165, 1.54) is 36.0 Å². The van der Waals surface area contributed by atoms with Crippen LogP contribution in [0.15, 0.2) is 78.0 Å². The van der Waals surface area contributed by atoms with Crippen LogP contribution in [0.25, 0.3) is 0 Å². The standard InChI is InChI=1S/C20H16FN3O2S/c21-15-6-4-14(5-7-15)20(26)24-17-2-1-3-18(12-17)27-13-19(25)23-16-8-10-22-11-9-16/h1-12H,13H2,(H,24,26)(H,22,23,25). The van der Waals surface area contributed by atoms with Gasteiger partial charge >= 0.3 is 0 Å². The van der Waals surface area contributed by atoms with Gasteiger partial charge < -0.3 is 10.6 Å². The van der Waals surface area contributed by atoms with Gasteiger partial charge in [0.05, 0.1) is 5.75 Å². The van der Waals surface area contributed by atoms with Gasteiger partial charge in [-0.25, -0.2) is 4.39 Å². The van der Waals surface area contributed by atoms with E-state index in [0.717, 1.165) is 4.90 Å². The molecule has 0 spiro atoms. The van der Waals surface area contributed by atoms with Crippen molar-refractivity contribution >= 4 is 35.0 Å². The Morgan fingerprint density at radius 3 is 2.41 bits per heavy atom. The van der Waals surface area contributed by atoms with Gasteiger partial charge in [0, 0.05) is 34.2 Å². The fraction of sp³-hybridized carbons (Fsp3) is 0.0500. The van der Waals surface area contributed by atoms with Crippen LogP contribution in [-0.2, 0) is 4.79 Å². The van der Waals surface area contributed by atoms with Crippen molar-refractivity contribution < 1.29 is 14.0 Å². The number of amides is 2. The Labute approximate surface area is 160 Å². The number of carbonyl (C=O) groups is 2. The van der Waals surface area contributed by atoms with Crippen LogP contribution in [0, 0.1) is 5.82 Å². The van der Waals surface area contributed by atoms with Crippen molar-refractivity contribution in [2.24, 2.45) is 0 Å². The molecule has 7 heteroatoms. The fourth-order valence-electron chi connectivity index (χ4n) is 2.25. The predicted molar refractivity (Wildman–Crippen MR) is 104 cm³/mol. The summed E-state index contributed by atoms with van der Waals surface area (Å²) in [6, 6.07) is 15.9. The highest BCUT2D eigenvalue weighted by atomic mass is 32.2. The zero-order chi connectivity index (χ0) is 19.1. The molecule has 2 aromatic carbocycles. The molecular formula is C20H16FN3O2S. The average molecular weight is 381 g/mol. The number of hydrogen-bond donors (Lipinski definition) is 2. The third-order valence-corrected chi connectivity index (χ3v) is 4.53. The molecule has 3 rings (SSSR count). The first-order chi connectivity index (χ1) is 13.1. The maximum atomic E-state index is 12.9. The number of pyridine rings is 1. The van der Waals surface area contributed by atoms with Gasteiger partial charge in [0.1, 0.15) is 5.82 Å². The summed E-state index contributed by atoms with van der Waals surface area (Å²) in [7, 11) is 0. The molecule has 0 aliphatic heterocycles. The minimum absolute atomic E-state index is 0.132. The van der Waals surface area contributed by atoms with Crippen molar-refractivity contribution in [2.75, 3.05) is 16.4 Å². The maximum absolute atomic E-state index is 12.9. The molecule has 1 aromatic heterocycles. The molecule has 1 heterocycles. The molecule has 0 aliphatic rings. The number of anilines is 2. The summed E-state index contributed by atoms with van der Waals surface area (Å²) in [4.78, 5) is 28.9. The van der Waals surface area contributed by atoms with Gasteiger partial charge in [-0.05, 0) is 54.6 Å². The molecule has 2 N–H and O–H groups in total. The SMILES string of the molecule is O=C(CSc1cccc(NC(=O)c2ccc(F)cc2)c1)Nc1ccncc1. The van der Waals surface area contributed by atoms with Crippen LogP contribution in [0.5, 0.6) is 0 Å². The van der Waals surface area contributed by atoms with Gasteiger partial charge in [-0.2, -0.15) is 0 Å². The summed E-state index contributed by atoms with van der Waals surface area (Å²) in [5.74, 6) is -0.618. The number of carbonyl (C=O) groups excluding carboxylic acids is 2. The van der Waals surface area contributed by atoms with Crippen LogP contribution in [0.2, 0.25) is 0 Å². The summed E-state index contributed by atoms with van der Waals surface area (Å²) in [6.07, 6.45) is 3.21. The molecule has 27 heavy (non-hydrogen) atoms. The topological polar surface area (TPSA) is 71.1 Å². The Balaban J connectivity index is 1.56. The van der Waals surface area contributed by atoms with Crippen LogP contribution >= 0.6 is 11.8 Å². The monoisotopic (exact) mass is 381 g/mol. The highest BCUT2D eigenvalue weighted by Gasteiger charge is 2.08. The lowest BCUT2D eigenvalue weighted by atomic mass is 10.2. The Bertz CT molecular complexity index is 933. The molecular weight excluding hydrogens is 365 g/mol. The molecule has 0 atom stereocenters. The highest BCUT2D eigenvalue weighted by molar-refractivity contribution is 8.00. The lowest BCUT2D eigenvalue weighted by molar-refractivity contribution is -0.113. The number of nitrogens with one attached hydrogen (secondary N) is 2. The normalized spacial score (nSPS) is 10.3. The third-order valence-electron chi connectivity index (χ3n) is 3.53. The van der Waals surface area contributed by atoms with E-state index >= 15 is 0 Å². The van der Waals surface area contributed by atoms with Gasteiger partial charge in [0.15, 0.2) is 0 Å². The first-order valence-electron chi connectivity index (χ1n) is 8.10. The third kappa shape index (κ3) is 5.65. The van der Waals surface area contributed by atoms with Crippen molar-refractivity contribution in [3.05, 3.63) is 84.4 Å². The highest BCUT2D eigenvalue weighted by Crippen LogP contribution is 2.22. The average Bonchev–Trinajstić information content (AvgIpc) is 2.68. The number of nitrogens with zero attached hydrogens (tertiary/aromatic N) is 1. The minimum atomic E-state index is -0.394. The molecule has 2 amide bonds. The molecule has 0 radical (unpaired) electrons. The summed E-state index contributed by atoms with van der Waals surface area (Å²) in [5.41, 5.74) is 1.66. The Kier molecular flexibility index (Phi) is 6.17. The van der Waals surface area contributed by atoms with E-state index in [4.69, 9.17) is 0 Å². The number of aromatic nitrogens is 1. The van der Waals surface area contributed by atoms with E-state index < -0.39 is 5.82 Å². The van der Waals surface area contributed by atoms with E-state index in [9.17, 15) is 14.0 Å². The van der Waals surface area contributed by atoms with Crippen molar-refractivity contribution in [2.45, 2.75) is 4.90 Å². The summed E-state index contributed by atoms with van der Waals surface area (Å²) >= 11 is 1.36. The molecule has 0 unspecified atom stereocenters. The van der Waals surface area contributed by atoms with Crippen LogP contribution < -0.4 is 10.6 Å². The van der Waals surface area contributed by atoms with Gasteiger partial charge in [0.2, 0.25) is 5.91 Å². The van der Waals surface area contributed by atoms with Crippen LogP contribution in [0.3, 0.4) is 0 Å². The summed E-state index contributed by atoms with van der Waals surface area (Å²) in [6.45, 7) is 0. The summed E-state index contributed by atoms with van der Waals surface area (Å²) in [5, 5.41) is 5.55. The second kappa shape index (κ2) is 8.95. The largest absolute Gasteiger partial charge is 0.325 e. The van der Waals surface area contributed by atoms with Crippen LogP contribution in [0.4, 0.5) is 15.8 Å². The van der Waals surface area contributed by atoms with Crippen molar-refractivity contribution in [1.82, 2.24) is 4.98 Å². The quantitative estimate of drug-likeness (QED) is 0.628. The van der Waals surface area contributed by atoms with Crippen LogP contribution in [-0.4, -0.2) is 22.6 Å². The zero-order valence-electron chi connectivity index (χ0n) is 14.2. The molecule has 0 saturated heterocycles. The molecule has 136 valence electrons. The van der Waals surface area contributed by atoms with Gasteiger partial charge in [-0.1, -0.05) is 6.07 Å². The fourth-order valence-corrected chi connectivity index (χ4v) is 3.00. The zero-order valence-corrected chi connectivity index (χ0v) is 15.0. The first kappa shape index (κ1) is 18.6. The number of thioether (sulfide) groups is 1. The lowest BCUT2D eigenvalue weighted by Gasteiger charge is -2.08. The molecule has 0 aliphatic carbocycles. The van der Waals surface area contributed by atoms with Gasteiger partial charge in [-0.3, -0.25) is 14.6 Å². The van der Waals surface area contributed by atoms with E-state index in [0.29, 0.717) is 16.9 Å². The van der Waals surface area contributed by atoms with Crippen LogP contribution in [0.1, 0.15) is 10.4 Å². The van der Waals surface area contributed by atoms with E-state index in [1.54, 1.807) is 42.7 Å². The Morgan fingerprint density at radius 1 is 0.926 bits per heavy atom. The number of rotatable bonds is 6. The van der Waals surface area contributed by atoms with E-state index in [2.05, 4.69) is 15.6 Å². The van der Waals surface area contributed by atoms with Crippen molar-refractivity contribution in [3.8, 4) is 0 Å². The van der Waals surface area contributed by atoms with E-state index in [-0.39, 0.29) is 17.6 Å². The van der Waals surface area contributed by atoms with E-state index in [1.807, 2.05) is 6.07 Å². The Morgan fingerprint density at radius 2 is 1.67 bits per heavy atom. The van der Waals surface area contributed by atoms with Crippen molar-refractivity contribution in [1.29, 1.82) is 0 Å². The molecule has 0 fully saturated rings.